The van der Waals surface area contributed by atoms with Crippen LogP contribution in [0.15, 0.2) is 0 Å². The molecule has 1 fully saturated rings. The lowest BCUT2D eigenvalue weighted by Crippen LogP contribution is -2.41. The number of aliphatic hydroxyl groups is 1. The standard InChI is InChI=1S/C16H33NOS/c18-14-9-13-17(16-10-8-11-16)12-6-4-2-1-3-5-7-15-19/h16,18-19H,1-15H2. The molecule has 114 valence electrons. The fourth-order valence-corrected chi connectivity index (χ4v) is 3.04. The topological polar surface area (TPSA) is 23.5 Å². The quantitative estimate of drug-likeness (QED) is 0.397. The third-order valence-electron chi connectivity index (χ3n) is 4.30. The zero-order chi connectivity index (χ0) is 13.8. The van der Waals surface area contributed by atoms with Gasteiger partial charge in [0.05, 0.1) is 0 Å². The molecular formula is C16H33NOS. The first-order valence-electron chi connectivity index (χ1n) is 8.34. The Bertz CT molecular complexity index is 197. The van der Waals surface area contributed by atoms with Gasteiger partial charge in [-0.25, -0.2) is 0 Å². The molecule has 0 amide bonds. The lowest BCUT2D eigenvalue weighted by Gasteiger charge is -2.37. The first kappa shape index (κ1) is 17.3. The minimum absolute atomic E-state index is 0.342. The monoisotopic (exact) mass is 287 g/mol. The van der Waals surface area contributed by atoms with Crippen molar-refractivity contribution in [3.05, 3.63) is 0 Å². The molecule has 0 aromatic carbocycles. The van der Waals surface area contributed by atoms with Crippen molar-refractivity contribution in [3.63, 3.8) is 0 Å². The van der Waals surface area contributed by atoms with E-state index in [2.05, 4.69) is 17.5 Å². The lowest BCUT2D eigenvalue weighted by atomic mass is 9.91. The van der Waals surface area contributed by atoms with Gasteiger partial charge in [-0.15, -0.1) is 0 Å². The summed E-state index contributed by atoms with van der Waals surface area (Å²) < 4.78 is 0. The normalized spacial score (nSPS) is 15.9. The molecule has 1 rings (SSSR count). The molecule has 0 saturated heterocycles. The summed E-state index contributed by atoms with van der Waals surface area (Å²) in [6.07, 6.45) is 14.7. The van der Waals surface area contributed by atoms with Crippen molar-refractivity contribution >= 4 is 12.6 Å². The van der Waals surface area contributed by atoms with Crippen LogP contribution in [0, 0.1) is 0 Å². The number of hydrogen-bond acceptors (Lipinski definition) is 3. The molecule has 0 unspecified atom stereocenters. The van der Waals surface area contributed by atoms with Gasteiger partial charge in [-0.1, -0.05) is 38.5 Å². The SMILES string of the molecule is OCCCN(CCCCCCCCCS)C1CCC1. The summed E-state index contributed by atoms with van der Waals surface area (Å²) >= 11 is 4.24. The molecule has 2 nitrogen and oxygen atoms in total. The summed E-state index contributed by atoms with van der Waals surface area (Å²) in [6, 6.07) is 0.835. The first-order valence-corrected chi connectivity index (χ1v) is 8.97. The van der Waals surface area contributed by atoms with Gasteiger partial charge < -0.3 is 10.0 Å². The van der Waals surface area contributed by atoms with Crippen LogP contribution in [0.4, 0.5) is 0 Å². The van der Waals surface area contributed by atoms with Crippen molar-refractivity contribution in [1.82, 2.24) is 4.90 Å². The predicted octanol–water partition coefficient (Wildman–Crippen LogP) is 3.88. The van der Waals surface area contributed by atoms with E-state index in [-0.39, 0.29) is 0 Å². The highest BCUT2D eigenvalue weighted by Crippen LogP contribution is 2.25. The van der Waals surface area contributed by atoms with E-state index in [0.717, 1.165) is 24.8 Å². The third kappa shape index (κ3) is 8.21. The van der Waals surface area contributed by atoms with Gasteiger partial charge in [0.1, 0.15) is 0 Å². The minimum atomic E-state index is 0.342. The van der Waals surface area contributed by atoms with Gasteiger partial charge in [-0.3, -0.25) is 0 Å². The van der Waals surface area contributed by atoms with Crippen LogP contribution in [-0.2, 0) is 0 Å². The van der Waals surface area contributed by atoms with E-state index < -0.39 is 0 Å². The zero-order valence-corrected chi connectivity index (χ0v) is 13.4. The number of unbranched alkanes of at least 4 members (excludes halogenated alkanes) is 6. The number of thiol groups is 1. The van der Waals surface area contributed by atoms with Crippen LogP contribution in [0.5, 0.6) is 0 Å². The molecule has 19 heavy (non-hydrogen) atoms. The van der Waals surface area contributed by atoms with Crippen molar-refractivity contribution in [2.24, 2.45) is 0 Å². The maximum absolute atomic E-state index is 8.97. The summed E-state index contributed by atoms with van der Waals surface area (Å²) in [5.41, 5.74) is 0. The summed E-state index contributed by atoms with van der Waals surface area (Å²) in [6.45, 7) is 2.69. The van der Waals surface area contributed by atoms with Crippen molar-refractivity contribution in [3.8, 4) is 0 Å². The highest BCUT2D eigenvalue weighted by atomic mass is 32.1. The Morgan fingerprint density at radius 3 is 1.95 bits per heavy atom. The van der Waals surface area contributed by atoms with E-state index >= 15 is 0 Å². The Kier molecular flexibility index (Phi) is 11.0. The molecule has 0 aromatic heterocycles. The Morgan fingerprint density at radius 2 is 1.42 bits per heavy atom. The minimum Gasteiger partial charge on any atom is -0.396 e. The van der Waals surface area contributed by atoms with Gasteiger partial charge >= 0.3 is 0 Å². The van der Waals surface area contributed by atoms with Crippen LogP contribution in [0.3, 0.4) is 0 Å². The van der Waals surface area contributed by atoms with Crippen LogP contribution in [0.25, 0.3) is 0 Å². The molecule has 1 saturated carbocycles. The molecule has 0 atom stereocenters. The van der Waals surface area contributed by atoms with Crippen molar-refractivity contribution in [2.45, 2.75) is 76.7 Å². The first-order chi connectivity index (χ1) is 9.38. The molecule has 0 bridgehead atoms. The Morgan fingerprint density at radius 1 is 0.842 bits per heavy atom. The number of hydrogen-bond donors (Lipinski definition) is 2. The second-order valence-corrected chi connectivity index (χ2v) is 6.34. The summed E-state index contributed by atoms with van der Waals surface area (Å²) in [4.78, 5) is 2.63. The van der Waals surface area contributed by atoms with Crippen LogP contribution < -0.4 is 0 Å². The summed E-state index contributed by atoms with van der Waals surface area (Å²) in [5, 5.41) is 8.97. The molecule has 0 spiro atoms. The van der Waals surface area contributed by atoms with Crippen molar-refractivity contribution in [1.29, 1.82) is 0 Å². The van der Waals surface area contributed by atoms with Gasteiger partial charge in [-0.2, -0.15) is 12.6 Å². The fourth-order valence-electron chi connectivity index (χ4n) is 2.81. The summed E-state index contributed by atoms with van der Waals surface area (Å²) in [7, 11) is 0. The van der Waals surface area contributed by atoms with Gasteiger partial charge in [-0.05, 0) is 44.4 Å². The second kappa shape index (κ2) is 12.0. The van der Waals surface area contributed by atoms with E-state index in [4.69, 9.17) is 5.11 Å². The fraction of sp³-hybridized carbons (Fsp3) is 1.00. The van der Waals surface area contributed by atoms with Gasteiger partial charge in [0.2, 0.25) is 0 Å². The molecule has 0 heterocycles. The maximum Gasteiger partial charge on any atom is 0.0443 e. The van der Waals surface area contributed by atoms with E-state index in [1.54, 1.807) is 0 Å². The summed E-state index contributed by atoms with van der Waals surface area (Å²) in [5.74, 6) is 1.04. The van der Waals surface area contributed by atoms with E-state index in [1.807, 2.05) is 0 Å². The van der Waals surface area contributed by atoms with E-state index in [1.165, 1.54) is 70.8 Å². The van der Waals surface area contributed by atoms with Crippen LogP contribution >= 0.6 is 12.6 Å². The molecule has 0 aromatic rings. The average Bonchev–Trinajstić information content (AvgIpc) is 2.36. The number of rotatable bonds is 13. The molecule has 3 heteroatoms. The predicted molar refractivity (Wildman–Crippen MR) is 87.1 cm³/mol. The van der Waals surface area contributed by atoms with Crippen LogP contribution in [0.2, 0.25) is 0 Å². The lowest BCUT2D eigenvalue weighted by molar-refractivity contribution is 0.114. The molecule has 0 radical (unpaired) electrons. The smallest absolute Gasteiger partial charge is 0.0443 e. The van der Waals surface area contributed by atoms with Gasteiger partial charge in [0.25, 0.3) is 0 Å². The Balaban J connectivity index is 1.95. The highest BCUT2D eigenvalue weighted by Gasteiger charge is 2.23. The van der Waals surface area contributed by atoms with Crippen LogP contribution in [0.1, 0.15) is 70.6 Å². The van der Waals surface area contributed by atoms with E-state index in [0.29, 0.717) is 6.61 Å². The van der Waals surface area contributed by atoms with Crippen LogP contribution in [-0.4, -0.2) is 41.5 Å². The third-order valence-corrected chi connectivity index (χ3v) is 4.61. The van der Waals surface area contributed by atoms with Crippen molar-refractivity contribution in [2.75, 3.05) is 25.4 Å². The molecule has 1 aliphatic rings. The Hall–Kier alpha value is 0.270. The molecule has 1 N–H and O–H groups in total. The Labute approximate surface area is 125 Å². The van der Waals surface area contributed by atoms with Crippen molar-refractivity contribution < 1.29 is 5.11 Å². The maximum atomic E-state index is 8.97. The van der Waals surface area contributed by atoms with Gasteiger partial charge in [0.15, 0.2) is 0 Å². The molecular weight excluding hydrogens is 254 g/mol. The largest absolute Gasteiger partial charge is 0.396 e. The highest BCUT2D eigenvalue weighted by molar-refractivity contribution is 7.80. The number of nitrogens with zero attached hydrogens (tertiary/aromatic N) is 1. The average molecular weight is 288 g/mol. The zero-order valence-electron chi connectivity index (χ0n) is 12.5. The molecule has 0 aliphatic heterocycles. The van der Waals surface area contributed by atoms with E-state index in [9.17, 15) is 0 Å². The number of aliphatic hydroxyl groups excluding tert-OH is 1. The molecule has 1 aliphatic carbocycles. The second-order valence-electron chi connectivity index (χ2n) is 5.90. The van der Waals surface area contributed by atoms with Gasteiger partial charge in [0, 0.05) is 19.2 Å².